The molecule has 19 heavy (non-hydrogen) atoms. The molecule has 1 fully saturated rings. The van der Waals surface area contributed by atoms with Crippen molar-refractivity contribution in [3.63, 3.8) is 0 Å². The van der Waals surface area contributed by atoms with Gasteiger partial charge in [-0.3, -0.25) is 4.79 Å². The third-order valence-electron chi connectivity index (χ3n) is 3.06. The molecule has 0 bridgehead atoms. The fourth-order valence-electron chi connectivity index (χ4n) is 2.00. The van der Waals surface area contributed by atoms with Gasteiger partial charge in [0.1, 0.15) is 0 Å². The van der Waals surface area contributed by atoms with E-state index < -0.39 is 24.6 Å². The van der Waals surface area contributed by atoms with Crippen molar-refractivity contribution in [3.05, 3.63) is 5.82 Å². The quantitative estimate of drug-likeness (QED) is 0.854. The molecule has 106 valence electrons. The van der Waals surface area contributed by atoms with Gasteiger partial charge in [0.2, 0.25) is 0 Å². The lowest BCUT2D eigenvalue weighted by Gasteiger charge is -2.15. The maximum atomic E-state index is 12.2. The summed E-state index contributed by atoms with van der Waals surface area (Å²) in [5.41, 5.74) is 0. The summed E-state index contributed by atoms with van der Waals surface area (Å²) in [6, 6.07) is -0.448. The first kappa shape index (κ1) is 13.8. The van der Waals surface area contributed by atoms with Crippen LogP contribution >= 0.6 is 0 Å². The van der Waals surface area contributed by atoms with E-state index in [0.717, 1.165) is 12.8 Å². The second kappa shape index (κ2) is 5.14. The Balaban J connectivity index is 2.10. The molecule has 0 aromatic carbocycles. The zero-order valence-corrected chi connectivity index (χ0v) is 9.97. The number of rotatable bonds is 6. The zero-order chi connectivity index (χ0) is 14.0. The monoisotopic (exact) mass is 278 g/mol. The zero-order valence-electron chi connectivity index (χ0n) is 9.97. The van der Waals surface area contributed by atoms with Crippen LogP contribution in [-0.2, 0) is 11.2 Å². The van der Waals surface area contributed by atoms with Crippen molar-refractivity contribution in [1.82, 2.24) is 20.2 Å². The summed E-state index contributed by atoms with van der Waals surface area (Å²) >= 11 is 0. The van der Waals surface area contributed by atoms with Gasteiger partial charge < -0.3 is 5.11 Å². The molecule has 0 amide bonds. The Morgan fingerprint density at radius 2 is 2.16 bits per heavy atom. The number of alkyl halides is 3. The fraction of sp³-hybridized carbons (Fsp3) is 0.800. The first-order valence-corrected chi connectivity index (χ1v) is 5.92. The van der Waals surface area contributed by atoms with E-state index in [1.807, 2.05) is 0 Å². The number of hydrogen-bond donors (Lipinski definition) is 1. The number of carbonyl (C=O) groups is 1. The van der Waals surface area contributed by atoms with Gasteiger partial charge >= 0.3 is 12.1 Å². The lowest BCUT2D eigenvalue weighted by Crippen LogP contribution is -2.20. The predicted molar refractivity (Wildman–Crippen MR) is 56.2 cm³/mol. The molecular formula is C10H13F3N4O2. The number of hydrogen-bond acceptors (Lipinski definition) is 4. The number of aryl methyl sites for hydroxylation is 1. The molecular weight excluding hydrogens is 265 g/mol. The van der Waals surface area contributed by atoms with Crippen LogP contribution in [0.4, 0.5) is 13.2 Å². The topological polar surface area (TPSA) is 80.9 Å². The molecule has 1 aromatic heterocycles. The SMILES string of the molecule is O=C(O)CC(C1CC1)n1nnnc1CCC(F)(F)F. The third-order valence-corrected chi connectivity index (χ3v) is 3.06. The van der Waals surface area contributed by atoms with Crippen LogP contribution in [0, 0.1) is 5.92 Å². The van der Waals surface area contributed by atoms with Crippen molar-refractivity contribution in [2.24, 2.45) is 5.92 Å². The molecule has 0 aliphatic heterocycles. The highest BCUT2D eigenvalue weighted by molar-refractivity contribution is 5.67. The number of carboxylic acids is 1. The highest BCUT2D eigenvalue weighted by Gasteiger charge is 2.37. The van der Waals surface area contributed by atoms with Crippen LogP contribution in [0.2, 0.25) is 0 Å². The Hall–Kier alpha value is -1.67. The number of aliphatic carboxylic acids is 1. The van der Waals surface area contributed by atoms with Crippen molar-refractivity contribution >= 4 is 5.97 Å². The minimum Gasteiger partial charge on any atom is -0.481 e. The van der Waals surface area contributed by atoms with Gasteiger partial charge in [0.15, 0.2) is 5.82 Å². The van der Waals surface area contributed by atoms with Crippen LogP contribution in [0.5, 0.6) is 0 Å². The van der Waals surface area contributed by atoms with E-state index in [0.29, 0.717) is 0 Å². The number of halogens is 3. The molecule has 1 N–H and O–H groups in total. The Morgan fingerprint density at radius 1 is 1.47 bits per heavy atom. The molecule has 1 aliphatic rings. The van der Waals surface area contributed by atoms with E-state index >= 15 is 0 Å². The van der Waals surface area contributed by atoms with Gasteiger partial charge in [-0.05, 0) is 29.2 Å². The average molecular weight is 278 g/mol. The maximum Gasteiger partial charge on any atom is 0.389 e. The summed E-state index contributed by atoms with van der Waals surface area (Å²) in [4.78, 5) is 10.8. The van der Waals surface area contributed by atoms with Crippen molar-refractivity contribution in [1.29, 1.82) is 0 Å². The fourth-order valence-corrected chi connectivity index (χ4v) is 2.00. The molecule has 1 aromatic rings. The minimum absolute atomic E-state index is 0.0930. The molecule has 1 atom stereocenters. The Labute approximate surface area is 106 Å². The summed E-state index contributed by atoms with van der Waals surface area (Å²) in [6.07, 6.45) is -4.09. The Morgan fingerprint density at radius 3 is 2.68 bits per heavy atom. The lowest BCUT2D eigenvalue weighted by molar-refractivity contribution is -0.138. The Kier molecular flexibility index (Phi) is 3.72. The summed E-state index contributed by atoms with van der Waals surface area (Å²) in [6.45, 7) is 0. The van der Waals surface area contributed by atoms with Crippen molar-refractivity contribution in [3.8, 4) is 0 Å². The smallest absolute Gasteiger partial charge is 0.389 e. The average Bonchev–Trinajstić information content (AvgIpc) is 3.01. The van der Waals surface area contributed by atoms with Crippen molar-refractivity contribution in [2.75, 3.05) is 0 Å². The molecule has 0 spiro atoms. The first-order valence-electron chi connectivity index (χ1n) is 5.92. The molecule has 2 rings (SSSR count). The van der Waals surface area contributed by atoms with Gasteiger partial charge in [-0.2, -0.15) is 13.2 Å². The van der Waals surface area contributed by atoms with E-state index in [1.165, 1.54) is 4.68 Å². The van der Waals surface area contributed by atoms with Crippen LogP contribution < -0.4 is 0 Å². The van der Waals surface area contributed by atoms with E-state index in [2.05, 4.69) is 15.5 Å². The van der Waals surface area contributed by atoms with Crippen LogP contribution in [0.25, 0.3) is 0 Å². The molecule has 1 saturated carbocycles. The van der Waals surface area contributed by atoms with Crippen LogP contribution in [-0.4, -0.2) is 37.5 Å². The van der Waals surface area contributed by atoms with Crippen LogP contribution in [0.3, 0.4) is 0 Å². The van der Waals surface area contributed by atoms with E-state index in [4.69, 9.17) is 5.11 Å². The lowest BCUT2D eigenvalue weighted by atomic mass is 10.1. The van der Waals surface area contributed by atoms with E-state index in [-0.39, 0.29) is 24.6 Å². The highest BCUT2D eigenvalue weighted by atomic mass is 19.4. The number of carboxylic acid groups (broad SMARTS) is 1. The van der Waals surface area contributed by atoms with E-state index in [9.17, 15) is 18.0 Å². The van der Waals surface area contributed by atoms with Gasteiger partial charge in [0.25, 0.3) is 0 Å². The molecule has 1 heterocycles. The third kappa shape index (κ3) is 3.90. The van der Waals surface area contributed by atoms with Gasteiger partial charge in [0.05, 0.1) is 18.9 Å². The molecule has 1 unspecified atom stereocenters. The van der Waals surface area contributed by atoms with Gasteiger partial charge in [-0.1, -0.05) is 0 Å². The summed E-state index contributed by atoms with van der Waals surface area (Å²) in [7, 11) is 0. The highest BCUT2D eigenvalue weighted by Crippen LogP contribution is 2.41. The second-order valence-corrected chi connectivity index (χ2v) is 4.66. The summed E-state index contributed by atoms with van der Waals surface area (Å²) < 4.78 is 37.8. The molecule has 6 nitrogen and oxygen atoms in total. The van der Waals surface area contributed by atoms with Crippen LogP contribution in [0.1, 0.15) is 37.5 Å². The second-order valence-electron chi connectivity index (χ2n) is 4.66. The molecule has 1 aliphatic carbocycles. The van der Waals surface area contributed by atoms with Gasteiger partial charge in [-0.25, -0.2) is 4.68 Å². The Bertz CT molecular complexity index is 456. The van der Waals surface area contributed by atoms with Gasteiger partial charge in [0, 0.05) is 6.42 Å². The van der Waals surface area contributed by atoms with Gasteiger partial charge in [-0.15, -0.1) is 5.10 Å². The number of tetrazole rings is 1. The molecule has 0 radical (unpaired) electrons. The number of aromatic nitrogens is 4. The maximum absolute atomic E-state index is 12.2. The molecule has 9 heteroatoms. The largest absolute Gasteiger partial charge is 0.481 e. The molecule has 0 saturated heterocycles. The van der Waals surface area contributed by atoms with Crippen molar-refractivity contribution in [2.45, 2.75) is 44.3 Å². The summed E-state index contributed by atoms with van der Waals surface area (Å²) in [5, 5.41) is 19.4. The van der Waals surface area contributed by atoms with Crippen LogP contribution in [0.15, 0.2) is 0 Å². The standard InChI is InChI=1S/C10H13F3N4O2/c11-10(12,13)4-3-8-14-15-16-17(8)7(5-9(18)19)6-1-2-6/h6-7H,1-5H2,(H,18,19). The minimum atomic E-state index is -4.28. The van der Waals surface area contributed by atoms with Crippen molar-refractivity contribution < 1.29 is 23.1 Å². The summed E-state index contributed by atoms with van der Waals surface area (Å²) in [5.74, 6) is -0.770. The predicted octanol–water partition coefficient (Wildman–Crippen LogP) is 1.59. The van der Waals surface area contributed by atoms with E-state index in [1.54, 1.807) is 0 Å². The normalized spacial score (nSPS) is 17.4. The number of nitrogens with zero attached hydrogens (tertiary/aromatic N) is 4. The first-order chi connectivity index (χ1) is 8.87.